The summed E-state index contributed by atoms with van der Waals surface area (Å²) in [5, 5.41) is 1.04. The van der Waals surface area contributed by atoms with Crippen LogP contribution in [0.15, 0.2) is 54.7 Å². The number of hydrogen-bond acceptors (Lipinski definition) is 3. The predicted molar refractivity (Wildman–Crippen MR) is 86.6 cm³/mol. The Balaban J connectivity index is 2.07. The van der Waals surface area contributed by atoms with Crippen molar-refractivity contribution in [3.05, 3.63) is 60.3 Å². The molecule has 0 spiro atoms. The number of pyridine rings is 1. The third-order valence-corrected chi connectivity index (χ3v) is 3.53. The van der Waals surface area contributed by atoms with E-state index in [2.05, 4.69) is 24.0 Å². The molecule has 0 fully saturated rings. The molecule has 0 aliphatic rings. The Hall–Kier alpha value is -2.88. The van der Waals surface area contributed by atoms with Gasteiger partial charge in [-0.15, -0.1) is 0 Å². The largest absolute Gasteiger partial charge is 0.484 e. The molecule has 0 unspecified atom stereocenters. The number of aryl methyl sites for hydroxylation is 1. The molecule has 1 aromatic heterocycles. The van der Waals surface area contributed by atoms with Crippen molar-refractivity contribution in [1.82, 2.24) is 4.98 Å². The lowest BCUT2D eigenvalue weighted by Gasteiger charge is -2.10. The number of nitrogens with two attached hydrogens (primary N) is 1. The number of aromatic nitrogens is 1. The summed E-state index contributed by atoms with van der Waals surface area (Å²) in [6.07, 6.45) is 1.78. The number of benzene rings is 2. The van der Waals surface area contributed by atoms with Gasteiger partial charge in [-0.2, -0.15) is 0 Å². The lowest BCUT2D eigenvalue weighted by molar-refractivity contribution is -0.119. The van der Waals surface area contributed by atoms with Gasteiger partial charge in [0.05, 0.1) is 5.52 Å². The minimum atomic E-state index is -0.498. The minimum absolute atomic E-state index is 0.136. The first kappa shape index (κ1) is 14.1. The first-order valence-corrected chi connectivity index (χ1v) is 7.01. The van der Waals surface area contributed by atoms with E-state index in [4.69, 9.17) is 10.5 Å². The van der Waals surface area contributed by atoms with E-state index in [0.717, 1.165) is 16.5 Å². The number of carbonyl (C=O) groups excluding carboxylic acids is 1. The lowest BCUT2D eigenvalue weighted by atomic mass is 9.97. The van der Waals surface area contributed by atoms with Crippen LogP contribution in [0.3, 0.4) is 0 Å². The molecule has 0 radical (unpaired) electrons. The molecule has 1 amide bonds. The molecule has 0 aliphatic heterocycles. The Morgan fingerprint density at radius 3 is 2.73 bits per heavy atom. The van der Waals surface area contributed by atoms with Crippen molar-refractivity contribution in [2.24, 2.45) is 5.73 Å². The average Bonchev–Trinajstić information content (AvgIpc) is 2.52. The maximum absolute atomic E-state index is 10.8. The fraction of sp³-hybridized carbons (Fsp3) is 0.111. The van der Waals surface area contributed by atoms with Gasteiger partial charge in [0, 0.05) is 17.6 Å². The van der Waals surface area contributed by atoms with Gasteiger partial charge in [0.25, 0.3) is 5.91 Å². The summed E-state index contributed by atoms with van der Waals surface area (Å²) >= 11 is 0. The quantitative estimate of drug-likeness (QED) is 0.803. The second-order valence-electron chi connectivity index (χ2n) is 5.11. The minimum Gasteiger partial charge on any atom is -0.484 e. The average molecular weight is 292 g/mol. The van der Waals surface area contributed by atoms with Crippen LogP contribution < -0.4 is 10.5 Å². The first-order valence-electron chi connectivity index (χ1n) is 7.01. The van der Waals surface area contributed by atoms with Gasteiger partial charge in [0.1, 0.15) is 5.75 Å². The zero-order valence-electron chi connectivity index (χ0n) is 12.2. The lowest BCUT2D eigenvalue weighted by Crippen LogP contribution is -2.19. The van der Waals surface area contributed by atoms with Crippen LogP contribution in [0.2, 0.25) is 0 Å². The number of carbonyl (C=O) groups is 1. The zero-order valence-corrected chi connectivity index (χ0v) is 12.2. The highest BCUT2D eigenvalue weighted by atomic mass is 16.5. The van der Waals surface area contributed by atoms with Crippen molar-refractivity contribution in [2.75, 3.05) is 6.61 Å². The molecule has 2 aromatic carbocycles. The number of fused-ring (bicyclic) bond motifs is 1. The fourth-order valence-electron chi connectivity index (χ4n) is 2.48. The second-order valence-corrected chi connectivity index (χ2v) is 5.11. The predicted octanol–water partition coefficient (Wildman–Crippen LogP) is 3.07. The Labute approximate surface area is 128 Å². The van der Waals surface area contributed by atoms with E-state index in [1.54, 1.807) is 6.20 Å². The summed E-state index contributed by atoms with van der Waals surface area (Å²) in [6.45, 7) is 1.95. The molecular formula is C18H16N2O2. The summed E-state index contributed by atoms with van der Waals surface area (Å²) in [7, 11) is 0. The summed E-state index contributed by atoms with van der Waals surface area (Å²) < 4.78 is 5.33. The van der Waals surface area contributed by atoms with Gasteiger partial charge in [-0.05, 0) is 41.8 Å². The second kappa shape index (κ2) is 5.85. The molecule has 0 saturated heterocycles. The van der Waals surface area contributed by atoms with E-state index >= 15 is 0 Å². The summed E-state index contributed by atoms with van der Waals surface area (Å²) in [6, 6.07) is 15.9. The number of rotatable bonds is 4. The van der Waals surface area contributed by atoms with Crippen LogP contribution in [0.1, 0.15) is 5.56 Å². The van der Waals surface area contributed by atoms with Gasteiger partial charge in [-0.25, -0.2) is 0 Å². The van der Waals surface area contributed by atoms with Crippen molar-refractivity contribution in [2.45, 2.75) is 6.92 Å². The Morgan fingerprint density at radius 2 is 1.95 bits per heavy atom. The fourth-order valence-corrected chi connectivity index (χ4v) is 2.48. The summed E-state index contributed by atoms with van der Waals surface area (Å²) in [5.74, 6) is 0.0856. The van der Waals surface area contributed by atoms with Crippen LogP contribution in [0, 0.1) is 6.92 Å². The van der Waals surface area contributed by atoms with Crippen molar-refractivity contribution in [3.8, 4) is 16.9 Å². The highest BCUT2D eigenvalue weighted by Gasteiger charge is 2.08. The molecule has 22 heavy (non-hydrogen) atoms. The van der Waals surface area contributed by atoms with E-state index in [0.29, 0.717) is 5.75 Å². The normalized spacial score (nSPS) is 10.6. The molecule has 1 heterocycles. The number of primary amides is 1. The van der Waals surface area contributed by atoms with Gasteiger partial charge in [-0.1, -0.05) is 24.3 Å². The van der Waals surface area contributed by atoms with Crippen LogP contribution in [-0.2, 0) is 4.79 Å². The summed E-state index contributed by atoms with van der Waals surface area (Å²) in [5.41, 5.74) is 9.43. The maximum Gasteiger partial charge on any atom is 0.255 e. The van der Waals surface area contributed by atoms with E-state index in [9.17, 15) is 4.79 Å². The standard InChI is InChI=1S/C18H16N2O2/c1-12-4-2-3-5-14(12)15-8-9-20-17-10-13(6-7-16(15)17)22-11-18(19)21/h2-10H,11H2,1H3,(H2,19,21). The molecular weight excluding hydrogens is 276 g/mol. The highest BCUT2D eigenvalue weighted by molar-refractivity contribution is 5.95. The summed E-state index contributed by atoms with van der Waals surface area (Å²) in [4.78, 5) is 15.2. The SMILES string of the molecule is Cc1ccccc1-c1ccnc2cc(OCC(N)=O)ccc12. The van der Waals surface area contributed by atoms with Gasteiger partial charge in [-0.3, -0.25) is 9.78 Å². The van der Waals surface area contributed by atoms with Gasteiger partial charge < -0.3 is 10.5 Å². The Bertz CT molecular complexity index is 843. The van der Waals surface area contributed by atoms with E-state index in [1.165, 1.54) is 11.1 Å². The van der Waals surface area contributed by atoms with Crippen LogP contribution >= 0.6 is 0 Å². The number of hydrogen-bond donors (Lipinski definition) is 1. The molecule has 2 N–H and O–H groups in total. The third kappa shape index (κ3) is 2.76. The van der Waals surface area contributed by atoms with E-state index in [1.807, 2.05) is 36.4 Å². The maximum atomic E-state index is 10.8. The van der Waals surface area contributed by atoms with Gasteiger partial charge >= 0.3 is 0 Å². The number of ether oxygens (including phenoxy) is 1. The monoisotopic (exact) mass is 292 g/mol. The number of nitrogens with zero attached hydrogens (tertiary/aromatic N) is 1. The van der Waals surface area contributed by atoms with Crippen LogP contribution in [0.5, 0.6) is 5.75 Å². The molecule has 4 heteroatoms. The molecule has 3 rings (SSSR count). The molecule has 0 saturated carbocycles. The topological polar surface area (TPSA) is 65.2 Å². The Kier molecular flexibility index (Phi) is 3.74. The van der Waals surface area contributed by atoms with Crippen molar-refractivity contribution in [1.29, 1.82) is 0 Å². The molecule has 3 aromatic rings. The molecule has 0 aliphatic carbocycles. The van der Waals surface area contributed by atoms with Crippen molar-refractivity contribution >= 4 is 16.8 Å². The molecule has 4 nitrogen and oxygen atoms in total. The molecule has 0 atom stereocenters. The molecule has 0 bridgehead atoms. The van der Waals surface area contributed by atoms with Crippen molar-refractivity contribution in [3.63, 3.8) is 0 Å². The smallest absolute Gasteiger partial charge is 0.255 e. The van der Waals surface area contributed by atoms with Crippen LogP contribution in [-0.4, -0.2) is 17.5 Å². The van der Waals surface area contributed by atoms with Gasteiger partial charge in [0.15, 0.2) is 6.61 Å². The molecule has 110 valence electrons. The highest BCUT2D eigenvalue weighted by Crippen LogP contribution is 2.31. The van der Waals surface area contributed by atoms with Crippen LogP contribution in [0.4, 0.5) is 0 Å². The number of amides is 1. The third-order valence-electron chi connectivity index (χ3n) is 3.53. The van der Waals surface area contributed by atoms with E-state index in [-0.39, 0.29) is 6.61 Å². The van der Waals surface area contributed by atoms with E-state index < -0.39 is 5.91 Å². The van der Waals surface area contributed by atoms with Crippen molar-refractivity contribution < 1.29 is 9.53 Å². The van der Waals surface area contributed by atoms with Gasteiger partial charge in [0.2, 0.25) is 0 Å². The zero-order chi connectivity index (χ0) is 15.5. The van der Waals surface area contributed by atoms with Crippen LogP contribution in [0.25, 0.3) is 22.0 Å². The first-order chi connectivity index (χ1) is 10.6. The Morgan fingerprint density at radius 1 is 1.14 bits per heavy atom.